The molecule has 0 atom stereocenters. The van der Waals surface area contributed by atoms with Gasteiger partial charge in [0, 0.05) is 36.4 Å². The van der Waals surface area contributed by atoms with Crippen LogP contribution in [0.1, 0.15) is 22.8 Å². The Hall–Kier alpha value is -6.26. The third-order valence-electron chi connectivity index (χ3n) is 5.76. The maximum absolute atomic E-state index is 10.9. The van der Waals surface area contributed by atoms with Crippen LogP contribution in [-0.2, 0) is 6.42 Å². The molecule has 200 valence electrons. The minimum Gasteiger partial charge on any atom is -0.411 e. The number of nitro groups is 2. The van der Waals surface area contributed by atoms with Gasteiger partial charge in [-0.3, -0.25) is 20.2 Å². The van der Waals surface area contributed by atoms with Gasteiger partial charge in [0.05, 0.1) is 39.3 Å². The summed E-state index contributed by atoms with van der Waals surface area (Å²) in [4.78, 5) is 23.8. The second-order valence-corrected chi connectivity index (χ2v) is 8.21. The maximum Gasteiger partial charge on any atom is 0.269 e. The highest BCUT2D eigenvalue weighted by Gasteiger charge is 2.18. The molecule has 17 heteroatoms. The summed E-state index contributed by atoms with van der Waals surface area (Å²) in [6.07, 6.45) is 3.11. The zero-order valence-electron chi connectivity index (χ0n) is 20.1. The van der Waals surface area contributed by atoms with E-state index in [0.717, 1.165) is 0 Å². The van der Waals surface area contributed by atoms with Crippen LogP contribution in [0.15, 0.2) is 83.4 Å². The van der Waals surface area contributed by atoms with Crippen molar-refractivity contribution in [3.8, 4) is 11.4 Å². The van der Waals surface area contributed by atoms with Crippen LogP contribution in [0.25, 0.3) is 11.4 Å². The molecule has 3 heterocycles. The summed E-state index contributed by atoms with van der Waals surface area (Å²) >= 11 is 0. The van der Waals surface area contributed by atoms with Crippen molar-refractivity contribution >= 4 is 22.8 Å². The van der Waals surface area contributed by atoms with Crippen LogP contribution >= 0.6 is 0 Å². The summed E-state index contributed by atoms with van der Waals surface area (Å²) in [7, 11) is 0. The monoisotopic (exact) mass is 543 g/mol. The molecule has 0 aliphatic heterocycles. The van der Waals surface area contributed by atoms with Crippen molar-refractivity contribution in [2.45, 2.75) is 6.42 Å². The van der Waals surface area contributed by atoms with Crippen LogP contribution < -0.4 is 0 Å². The lowest BCUT2D eigenvalue weighted by atomic mass is 10.1. The highest BCUT2D eigenvalue weighted by atomic mass is 16.6. The first-order chi connectivity index (χ1) is 19.4. The van der Waals surface area contributed by atoms with E-state index < -0.39 is 9.85 Å². The van der Waals surface area contributed by atoms with Gasteiger partial charge in [-0.2, -0.15) is 0 Å². The number of oxime groups is 2. The van der Waals surface area contributed by atoms with Crippen molar-refractivity contribution in [1.82, 2.24) is 35.0 Å². The smallest absolute Gasteiger partial charge is 0.269 e. The number of H-pyrrole nitrogens is 1. The number of aromatic nitrogens is 7. The van der Waals surface area contributed by atoms with Gasteiger partial charge in [0.25, 0.3) is 11.4 Å². The van der Waals surface area contributed by atoms with Crippen molar-refractivity contribution in [2.24, 2.45) is 10.3 Å². The molecule has 0 spiro atoms. The molecule has 5 rings (SSSR count). The molecule has 0 unspecified atom stereocenters. The van der Waals surface area contributed by atoms with Crippen molar-refractivity contribution in [1.29, 1.82) is 0 Å². The van der Waals surface area contributed by atoms with Crippen LogP contribution in [-0.4, -0.2) is 66.7 Å². The van der Waals surface area contributed by atoms with Crippen LogP contribution in [0.2, 0.25) is 0 Å². The van der Waals surface area contributed by atoms with Crippen LogP contribution in [0.4, 0.5) is 11.4 Å². The van der Waals surface area contributed by atoms with Gasteiger partial charge >= 0.3 is 0 Å². The number of rotatable bonds is 9. The Labute approximate surface area is 222 Å². The second-order valence-electron chi connectivity index (χ2n) is 8.21. The molecule has 2 aromatic carbocycles. The fourth-order valence-electron chi connectivity index (χ4n) is 3.76. The molecule has 40 heavy (non-hydrogen) atoms. The minimum atomic E-state index is -0.510. The molecule has 0 radical (unpaired) electrons. The topological polar surface area (TPSA) is 229 Å². The molecular weight excluding hydrogens is 526 g/mol. The number of non-ortho nitro benzene ring substituents is 2. The lowest BCUT2D eigenvalue weighted by Crippen LogP contribution is -2.08. The van der Waals surface area contributed by atoms with E-state index in [-0.39, 0.29) is 40.6 Å². The molecule has 0 saturated carbocycles. The molecule has 0 aliphatic carbocycles. The first kappa shape index (κ1) is 25.4. The second kappa shape index (κ2) is 10.6. The molecule has 3 aromatic heterocycles. The average molecular weight is 543 g/mol. The lowest BCUT2D eigenvalue weighted by Gasteiger charge is -2.01. The maximum atomic E-state index is 10.9. The van der Waals surface area contributed by atoms with Gasteiger partial charge in [-0.1, -0.05) is 20.7 Å². The van der Waals surface area contributed by atoms with E-state index in [0.29, 0.717) is 22.8 Å². The Balaban J connectivity index is 1.31. The van der Waals surface area contributed by atoms with Gasteiger partial charge in [-0.15, -0.1) is 10.2 Å². The molecule has 0 amide bonds. The van der Waals surface area contributed by atoms with Crippen LogP contribution in [0, 0.1) is 20.2 Å². The van der Waals surface area contributed by atoms with Gasteiger partial charge in [0.15, 0.2) is 5.71 Å². The van der Waals surface area contributed by atoms with Crippen molar-refractivity contribution in [3.63, 3.8) is 0 Å². The van der Waals surface area contributed by atoms with E-state index in [9.17, 15) is 30.6 Å². The SMILES string of the molecule is O=[N+]([O-])c1ccc(-n2cc(/C(=N\O)c3ccc(C/C(=N\O)c4cn(-c5ccc([N+](=O)[O-])cc5)nn4)[nH]3)nn2)cc1. The molecule has 0 saturated heterocycles. The first-order valence-corrected chi connectivity index (χ1v) is 11.3. The van der Waals surface area contributed by atoms with Crippen LogP contribution in [0.5, 0.6) is 0 Å². The molecule has 3 N–H and O–H groups in total. The van der Waals surface area contributed by atoms with E-state index in [1.165, 1.54) is 70.3 Å². The Morgan fingerprint density at radius 1 is 0.775 bits per heavy atom. The number of aromatic amines is 1. The Morgan fingerprint density at radius 2 is 1.30 bits per heavy atom. The molecule has 5 aromatic rings. The van der Waals surface area contributed by atoms with Gasteiger partial charge in [-0.25, -0.2) is 9.36 Å². The number of nitrogens with zero attached hydrogens (tertiary/aromatic N) is 10. The van der Waals surface area contributed by atoms with Crippen LogP contribution in [0.3, 0.4) is 0 Å². The standard InChI is InChI=1S/C23H17N11O6/c35-27-20(21-12-31(29-25-21)15-2-6-17(7-3-15)33(37)38)11-14-1-10-19(24-14)23(28-36)22-13-32(30-26-22)16-4-8-18(9-5-16)34(39)40/h1-10,12-13,24,35-36H,11H2/b27-20+,28-23-. The molecular formula is C23H17N11O6. The summed E-state index contributed by atoms with van der Waals surface area (Å²) in [5.74, 6) is 0. The highest BCUT2D eigenvalue weighted by molar-refractivity contribution is 6.10. The zero-order valence-corrected chi connectivity index (χ0v) is 20.1. The summed E-state index contributed by atoms with van der Waals surface area (Å²) < 4.78 is 2.76. The highest BCUT2D eigenvalue weighted by Crippen LogP contribution is 2.18. The Morgan fingerprint density at radius 3 is 1.80 bits per heavy atom. The van der Waals surface area contributed by atoms with Gasteiger partial charge in [0.2, 0.25) is 0 Å². The molecule has 17 nitrogen and oxygen atoms in total. The number of benzene rings is 2. The van der Waals surface area contributed by atoms with Crippen molar-refractivity contribution < 1.29 is 20.3 Å². The quantitative estimate of drug-likeness (QED) is 0.106. The van der Waals surface area contributed by atoms with Gasteiger partial charge in [0.1, 0.15) is 17.1 Å². The van der Waals surface area contributed by atoms with E-state index in [2.05, 4.69) is 35.9 Å². The molecule has 0 fully saturated rings. The Kier molecular flexibility index (Phi) is 6.74. The largest absolute Gasteiger partial charge is 0.411 e. The summed E-state index contributed by atoms with van der Waals surface area (Å²) in [6.45, 7) is 0. The fourth-order valence-corrected chi connectivity index (χ4v) is 3.76. The third-order valence-corrected chi connectivity index (χ3v) is 5.76. The summed E-state index contributed by atoms with van der Waals surface area (Å²) in [5, 5.41) is 63.7. The predicted octanol–water partition coefficient (Wildman–Crippen LogP) is 2.64. The zero-order chi connectivity index (χ0) is 28.2. The van der Waals surface area contributed by atoms with E-state index in [1.54, 1.807) is 12.1 Å². The third kappa shape index (κ3) is 5.09. The minimum absolute atomic E-state index is 0.0658. The lowest BCUT2D eigenvalue weighted by molar-refractivity contribution is -0.385. The molecule has 0 bridgehead atoms. The van der Waals surface area contributed by atoms with Crippen molar-refractivity contribution in [3.05, 3.63) is 116 Å². The van der Waals surface area contributed by atoms with Gasteiger partial charge in [-0.05, 0) is 36.4 Å². The van der Waals surface area contributed by atoms with E-state index in [1.807, 2.05) is 0 Å². The van der Waals surface area contributed by atoms with Gasteiger partial charge < -0.3 is 15.4 Å². The normalized spacial score (nSPS) is 12.0. The number of nitro benzene ring substituents is 2. The van der Waals surface area contributed by atoms with E-state index >= 15 is 0 Å². The predicted molar refractivity (Wildman–Crippen MR) is 136 cm³/mol. The molecule has 0 aliphatic rings. The first-order valence-electron chi connectivity index (χ1n) is 11.3. The fraction of sp³-hybridized carbons (Fsp3) is 0.0435. The summed E-state index contributed by atoms with van der Waals surface area (Å²) in [5.41, 5.74) is 2.60. The number of nitrogens with one attached hydrogen (secondary N) is 1. The number of hydrogen-bond acceptors (Lipinski definition) is 12. The average Bonchev–Trinajstić information content (AvgIpc) is 3.74. The summed E-state index contributed by atoms with van der Waals surface area (Å²) in [6, 6.07) is 14.7. The van der Waals surface area contributed by atoms with Crippen molar-refractivity contribution in [2.75, 3.05) is 0 Å². The number of hydrogen-bond donors (Lipinski definition) is 3. The van der Waals surface area contributed by atoms with E-state index in [4.69, 9.17) is 0 Å². The Bertz CT molecular complexity index is 1750.